The molecule has 1 unspecified atom stereocenters. The summed E-state index contributed by atoms with van der Waals surface area (Å²) in [5.74, 6) is -1.29. The predicted octanol–water partition coefficient (Wildman–Crippen LogP) is -3.74. The quantitative estimate of drug-likeness (QED) is 0.316. The van der Waals surface area contributed by atoms with Gasteiger partial charge in [0.05, 0.1) is 18.0 Å². The van der Waals surface area contributed by atoms with E-state index >= 15 is 0 Å². The van der Waals surface area contributed by atoms with Crippen LogP contribution in [-0.4, -0.2) is 25.8 Å². The summed E-state index contributed by atoms with van der Waals surface area (Å²) in [6.07, 6.45) is 1.96. The van der Waals surface area contributed by atoms with E-state index in [9.17, 15) is 9.90 Å². The lowest BCUT2D eigenvalue weighted by molar-refractivity contribution is -0.458. The van der Waals surface area contributed by atoms with Crippen molar-refractivity contribution < 1.29 is 21.4 Å². The Balaban J connectivity index is 3.64. The van der Waals surface area contributed by atoms with Crippen molar-refractivity contribution in [3.8, 4) is 0 Å². The van der Waals surface area contributed by atoms with Crippen molar-refractivity contribution in [3.05, 3.63) is 0 Å². The summed E-state index contributed by atoms with van der Waals surface area (Å²) in [6, 6.07) is 0. The molecule has 0 aliphatic rings. The maximum absolute atomic E-state index is 10.3. The van der Waals surface area contributed by atoms with Crippen molar-refractivity contribution in [2.75, 3.05) is 6.54 Å². The Morgan fingerprint density at radius 1 is 1.55 bits per heavy atom. The highest BCUT2D eigenvalue weighted by Crippen LogP contribution is 2.03. The zero-order valence-corrected chi connectivity index (χ0v) is 6.64. The van der Waals surface area contributed by atoms with Crippen molar-refractivity contribution in [2.24, 2.45) is 0 Å². The molecule has 6 N–H and O–H groups in total. The fourth-order valence-corrected chi connectivity index (χ4v) is 0.719. The molecule has 0 fully saturated rings. The first kappa shape index (κ1) is 10.5. The van der Waals surface area contributed by atoms with Crippen LogP contribution in [0.2, 0.25) is 0 Å². The number of hydrogen-bond acceptors (Lipinski definition) is 2. The molecule has 0 spiro atoms. The molecule has 0 aromatic heterocycles. The standard InChI is InChI=1S/C6H13BN2O2/c7-6(9,5(10)11)3-1-2-4-8/h1-4,8-9H2,(H,10,11)/p+1. The first-order valence-corrected chi connectivity index (χ1v) is 3.65. The van der Waals surface area contributed by atoms with E-state index in [-0.39, 0.29) is 0 Å². The molecule has 0 saturated heterocycles. The highest BCUT2D eigenvalue weighted by atomic mass is 16.4. The van der Waals surface area contributed by atoms with Gasteiger partial charge in [0.1, 0.15) is 0 Å². The zero-order chi connectivity index (χ0) is 8.91. The Kier molecular flexibility index (Phi) is 4.14. The first-order valence-electron chi connectivity index (χ1n) is 3.65. The summed E-state index contributed by atoms with van der Waals surface area (Å²) in [5.41, 5.74) is 5.54. The number of hydrogen-bond donors (Lipinski definition) is 2. The molecule has 11 heavy (non-hydrogen) atoms. The van der Waals surface area contributed by atoms with Crippen molar-refractivity contribution >= 4 is 13.8 Å². The van der Waals surface area contributed by atoms with E-state index in [4.69, 9.17) is 7.85 Å². The largest absolute Gasteiger partial charge is 0.544 e. The highest BCUT2D eigenvalue weighted by molar-refractivity contribution is 6.24. The van der Waals surface area contributed by atoms with Crippen molar-refractivity contribution in [3.63, 3.8) is 0 Å². The molecule has 62 valence electrons. The maximum Gasteiger partial charge on any atom is 0.167 e. The third-order valence-corrected chi connectivity index (χ3v) is 1.53. The minimum absolute atomic E-state index is 0.352. The van der Waals surface area contributed by atoms with E-state index in [1.54, 1.807) is 0 Å². The second kappa shape index (κ2) is 4.36. The van der Waals surface area contributed by atoms with Crippen LogP contribution in [0.5, 0.6) is 0 Å². The Morgan fingerprint density at radius 3 is 2.45 bits per heavy atom. The van der Waals surface area contributed by atoms with E-state index in [1.807, 2.05) is 0 Å². The van der Waals surface area contributed by atoms with Crippen LogP contribution in [0.25, 0.3) is 0 Å². The normalized spacial score (nSPS) is 15.8. The van der Waals surface area contributed by atoms with Crippen molar-refractivity contribution in [2.45, 2.75) is 24.7 Å². The highest BCUT2D eigenvalue weighted by Gasteiger charge is 2.22. The lowest BCUT2D eigenvalue weighted by atomic mass is 9.75. The van der Waals surface area contributed by atoms with Crippen LogP contribution in [0.3, 0.4) is 0 Å². The molecule has 0 aliphatic carbocycles. The minimum Gasteiger partial charge on any atom is -0.544 e. The lowest BCUT2D eigenvalue weighted by Crippen LogP contribution is -2.80. The molecule has 0 aromatic carbocycles. The molecule has 0 saturated carbocycles. The van der Waals surface area contributed by atoms with Crippen molar-refractivity contribution in [1.29, 1.82) is 0 Å². The Hall–Kier alpha value is -0.545. The van der Waals surface area contributed by atoms with Crippen LogP contribution in [-0.2, 0) is 4.79 Å². The molecule has 0 heterocycles. The van der Waals surface area contributed by atoms with Gasteiger partial charge in [-0.15, -0.1) is 0 Å². The minimum atomic E-state index is -1.42. The number of carboxylic acids is 1. The van der Waals surface area contributed by atoms with Crippen LogP contribution in [0.1, 0.15) is 19.3 Å². The molecule has 0 aromatic rings. The number of rotatable bonds is 5. The molecule has 2 radical (unpaired) electrons. The summed E-state index contributed by atoms with van der Waals surface area (Å²) in [7, 11) is 5.31. The van der Waals surface area contributed by atoms with Crippen LogP contribution in [0.4, 0.5) is 0 Å². The maximum atomic E-state index is 10.3. The van der Waals surface area contributed by atoms with Gasteiger partial charge < -0.3 is 21.4 Å². The fraction of sp³-hybridized carbons (Fsp3) is 0.833. The lowest BCUT2D eigenvalue weighted by Gasteiger charge is -2.21. The van der Waals surface area contributed by atoms with E-state index in [2.05, 4.69) is 11.5 Å². The van der Waals surface area contributed by atoms with Crippen LogP contribution in [0, 0.1) is 0 Å². The van der Waals surface area contributed by atoms with Gasteiger partial charge in [0, 0.05) is 0 Å². The molecule has 0 bridgehead atoms. The number of unbranched alkanes of at least 4 members (excludes halogenated alkanes) is 1. The van der Waals surface area contributed by atoms with Crippen LogP contribution in [0.15, 0.2) is 0 Å². The molecule has 5 heteroatoms. The molecule has 0 aliphatic heterocycles. The SMILES string of the molecule is [B]C([NH3+])(CCCC[NH3+])C(=O)[O-]. The second-order valence-electron chi connectivity index (χ2n) is 2.75. The second-order valence-corrected chi connectivity index (χ2v) is 2.75. The van der Waals surface area contributed by atoms with Gasteiger partial charge in [0.25, 0.3) is 0 Å². The number of aliphatic carboxylic acids is 1. The summed E-state index contributed by atoms with van der Waals surface area (Å²) in [5, 5.41) is 10.3. The number of carbonyl (C=O) groups is 1. The third-order valence-electron chi connectivity index (χ3n) is 1.53. The third kappa shape index (κ3) is 4.00. The molecule has 0 rings (SSSR count). The fourth-order valence-electron chi connectivity index (χ4n) is 0.719. The van der Waals surface area contributed by atoms with Crippen LogP contribution < -0.4 is 16.6 Å². The van der Waals surface area contributed by atoms with Gasteiger partial charge in [0.15, 0.2) is 7.85 Å². The van der Waals surface area contributed by atoms with Gasteiger partial charge in [0.2, 0.25) is 0 Å². The molecule has 4 nitrogen and oxygen atoms in total. The average Bonchev–Trinajstić information content (AvgIpc) is 1.88. The van der Waals surface area contributed by atoms with Gasteiger partial charge in [-0.2, -0.15) is 0 Å². The Bertz CT molecular complexity index is 139. The molecule has 1 atom stereocenters. The summed E-state index contributed by atoms with van der Waals surface area (Å²) < 4.78 is 0. The topological polar surface area (TPSA) is 95.4 Å². The Morgan fingerprint density at radius 2 is 2.09 bits per heavy atom. The van der Waals surface area contributed by atoms with E-state index in [0.29, 0.717) is 6.42 Å². The number of carbonyl (C=O) groups excluding carboxylic acids is 1. The van der Waals surface area contributed by atoms with Gasteiger partial charge in [-0.05, 0) is 19.3 Å². The van der Waals surface area contributed by atoms with Gasteiger partial charge in [-0.1, -0.05) is 0 Å². The molecular weight excluding hydrogens is 143 g/mol. The molecule has 0 amide bonds. The average molecular weight is 157 g/mol. The van der Waals surface area contributed by atoms with Crippen LogP contribution >= 0.6 is 0 Å². The zero-order valence-electron chi connectivity index (χ0n) is 6.64. The molecular formula is C6H14BN2O2+. The number of quaternary nitrogens is 2. The van der Waals surface area contributed by atoms with Gasteiger partial charge in [-0.3, -0.25) is 0 Å². The number of carboxylic acid groups (broad SMARTS) is 1. The van der Waals surface area contributed by atoms with E-state index in [1.165, 1.54) is 0 Å². The van der Waals surface area contributed by atoms with Crippen molar-refractivity contribution in [1.82, 2.24) is 0 Å². The summed E-state index contributed by atoms with van der Waals surface area (Å²) in [4.78, 5) is 10.3. The first-order chi connectivity index (χ1) is 5.00. The van der Waals surface area contributed by atoms with E-state index in [0.717, 1.165) is 19.4 Å². The van der Waals surface area contributed by atoms with E-state index < -0.39 is 11.4 Å². The summed E-state index contributed by atoms with van der Waals surface area (Å²) >= 11 is 0. The smallest absolute Gasteiger partial charge is 0.167 e. The predicted molar refractivity (Wildman–Crippen MR) is 38.0 cm³/mol. The monoisotopic (exact) mass is 157 g/mol. The van der Waals surface area contributed by atoms with Gasteiger partial charge >= 0.3 is 0 Å². The Labute approximate surface area is 67.4 Å². The van der Waals surface area contributed by atoms with Gasteiger partial charge in [-0.25, -0.2) is 0 Å². The summed E-state index contributed by atoms with van der Waals surface area (Å²) in [6.45, 7) is 0.795.